The first-order valence-corrected chi connectivity index (χ1v) is 8.28. The van der Waals surface area contributed by atoms with Crippen molar-refractivity contribution in [2.75, 3.05) is 26.7 Å². The maximum absolute atomic E-state index is 11.4. The summed E-state index contributed by atoms with van der Waals surface area (Å²) in [5.74, 6) is 1.60. The van der Waals surface area contributed by atoms with Crippen LogP contribution in [0.4, 0.5) is 4.79 Å². The molecule has 1 aliphatic heterocycles. The molecule has 1 saturated carbocycles. The number of carbonyl (C=O) groups excluding carboxylic acids is 1. The van der Waals surface area contributed by atoms with Crippen molar-refractivity contribution in [1.82, 2.24) is 10.2 Å². The number of likely N-dealkylation sites (tertiary alicyclic amines) is 1. The van der Waals surface area contributed by atoms with Gasteiger partial charge in [0.25, 0.3) is 0 Å². The average Bonchev–Trinajstić information content (AvgIpc) is 2.91. The first kappa shape index (κ1) is 15.6. The summed E-state index contributed by atoms with van der Waals surface area (Å²) in [5, 5.41) is 3.01. The van der Waals surface area contributed by atoms with E-state index in [-0.39, 0.29) is 12.1 Å². The number of amides is 1. The molecule has 1 N–H and O–H groups in total. The zero-order valence-electron chi connectivity index (χ0n) is 13.1. The van der Waals surface area contributed by atoms with Gasteiger partial charge >= 0.3 is 6.09 Å². The number of nitrogens with one attached hydrogen (secondary N) is 1. The van der Waals surface area contributed by atoms with Crippen LogP contribution in [-0.2, 0) is 4.74 Å². The van der Waals surface area contributed by atoms with E-state index >= 15 is 0 Å². The molecule has 2 aliphatic rings. The first-order chi connectivity index (χ1) is 9.71. The molecule has 1 amide bonds. The summed E-state index contributed by atoms with van der Waals surface area (Å²) in [6, 6.07) is 0.258. The summed E-state index contributed by atoms with van der Waals surface area (Å²) in [6.45, 7) is 5.67. The summed E-state index contributed by atoms with van der Waals surface area (Å²) >= 11 is 0. The number of alkyl carbamates (subject to hydrolysis) is 1. The van der Waals surface area contributed by atoms with E-state index in [0.717, 1.165) is 24.8 Å². The highest BCUT2D eigenvalue weighted by molar-refractivity contribution is 5.67. The third-order valence-corrected chi connectivity index (χ3v) is 4.81. The highest BCUT2D eigenvalue weighted by Crippen LogP contribution is 2.28. The number of hydrogen-bond acceptors (Lipinski definition) is 3. The average molecular weight is 282 g/mol. The third-order valence-electron chi connectivity index (χ3n) is 4.81. The molecule has 0 aromatic carbocycles. The fraction of sp³-hybridized carbons (Fsp3) is 0.938. The van der Waals surface area contributed by atoms with Gasteiger partial charge in [0.15, 0.2) is 0 Å². The van der Waals surface area contributed by atoms with Gasteiger partial charge in [-0.3, -0.25) is 0 Å². The van der Waals surface area contributed by atoms with Crippen LogP contribution in [0.25, 0.3) is 0 Å². The van der Waals surface area contributed by atoms with E-state index in [1.165, 1.54) is 58.7 Å². The summed E-state index contributed by atoms with van der Waals surface area (Å²) in [6.07, 6.45) is 8.90. The Labute approximate surface area is 123 Å². The van der Waals surface area contributed by atoms with Gasteiger partial charge in [-0.05, 0) is 37.5 Å². The first-order valence-electron chi connectivity index (χ1n) is 8.28. The van der Waals surface area contributed by atoms with Crippen LogP contribution < -0.4 is 5.32 Å². The van der Waals surface area contributed by atoms with Crippen molar-refractivity contribution in [3.05, 3.63) is 0 Å². The molecule has 4 nitrogen and oxygen atoms in total. The number of piperidine rings is 1. The lowest BCUT2D eigenvalue weighted by atomic mass is 9.90. The molecule has 20 heavy (non-hydrogen) atoms. The molecule has 0 aromatic heterocycles. The zero-order chi connectivity index (χ0) is 14.4. The Morgan fingerprint density at radius 3 is 2.65 bits per heavy atom. The monoisotopic (exact) mass is 282 g/mol. The van der Waals surface area contributed by atoms with Crippen LogP contribution in [0, 0.1) is 11.8 Å². The molecule has 0 radical (unpaired) electrons. The van der Waals surface area contributed by atoms with Crippen molar-refractivity contribution in [2.45, 2.75) is 57.9 Å². The Morgan fingerprint density at radius 1 is 1.25 bits per heavy atom. The van der Waals surface area contributed by atoms with Crippen LogP contribution in [0.3, 0.4) is 0 Å². The highest BCUT2D eigenvalue weighted by Gasteiger charge is 2.29. The van der Waals surface area contributed by atoms with Crippen LogP contribution in [0.2, 0.25) is 0 Å². The molecule has 0 spiro atoms. The molecule has 0 aromatic rings. The molecule has 116 valence electrons. The second-order valence-electron chi connectivity index (χ2n) is 6.59. The standard InChI is InChI=1S/C16H30N2O2/c1-3-6-14-9-15(17-16(19)20-2)12-18(11-14)10-13-7-4-5-8-13/h13-15H,3-12H2,1-2H3,(H,17,19). The largest absolute Gasteiger partial charge is 0.453 e. The number of ether oxygens (including phenoxy) is 1. The molecule has 1 heterocycles. The van der Waals surface area contributed by atoms with Gasteiger partial charge in [-0.15, -0.1) is 0 Å². The SMILES string of the molecule is CCCC1CC(NC(=O)OC)CN(CC2CCCC2)C1. The van der Waals surface area contributed by atoms with E-state index in [9.17, 15) is 4.79 Å². The van der Waals surface area contributed by atoms with Gasteiger partial charge in [0.1, 0.15) is 0 Å². The van der Waals surface area contributed by atoms with Crippen molar-refractivity contribution in [2.24, 2.45) is 11.8 Å². The van der Waals surface area contributed by atoms with E-state index in [1.807, 2.05) is 0 Å². The molecule has 2 fully saturated rings. The van der Waals surface area contributed by atoms with Crippen LogP contribution in [0.5, 0.6) is 0 Å². The number of rotatable bonds is 5. The van der Waals surface area contributed by atoms with Crippen LogP contribution in [-0.4, -0.2) is 43.8 Å². The summed E-state index contributed by atoms with van der Waals surface area (Å²) in [4.78, 5) is 14.0. The zero-order valence-corrected chi connectivity index (χ0v) is 13.1. The smallest absolute Gasteiger partial charge is 0.407 e. The molecular weight excluding hydrogens is 252 g/mol. The van der Waals surface area contributed by atoms with E-state index in [1.54, 1.807) is 0 Å². The lowest BCUT2D eigenvalue weighted by Crippen LogP contribution is -2.51. The molecule has 1 saturated heterocycles. The van der Waals surface area contributed by atoms with Crippen LogP contribution in [0.15, 0.2) is 0 Å². The van der Waals surface area contributed by atoms with E-state index < -0.39 is 0 Å². The Balaban J connectivity index is 1.87. The number of nitrogens with zero attached hydrogens (tertiary/aromatic N) is 1. The predicted molar refractivity (Wildman–Crippen MR) is 80.7 cm³/mol. The van der Waals surface area contributed by atoms with Gasteiger partial charge in [0.05, 0.1) is 7.11 Å². The quantitative estimate of drug-likeness (QED) is 0.842. The lowest BCUT2D eigenvalue weighted by Gasteiger charge is -2.39. The maximum Gasteiger partial charge on any atom is 0.407 e. The van der Waals surface area contributed by atoms with Crippen LogP contribution >= 0.6 is 0 Å². The maximum atomic E-state index is 11.4. The fourth-order valence-corrected chi connectivity index (χ4v) is 3.96. The fourth-order valence-electron chi connectivity index (χ4n) is 3.96. The molecule has 2 unspecified atom stereocenters. The van der Waals surface area contributed by atoms with Gasteiger partial charge in [0.2, 0.25) is 0 Å². The Bertz CT molecular complexity index is 303. The summed E-state index contributed by atoms with van der Waals surface area (Å²) in [7, 11) is 1.44. The van der Waals surface area contributed by atoms with Crippen molar-refractivity contribution in [3.63, 3.8) is 0 Å². The topological polar surface area (TPSA) is 41.6 Å². The molecule has 2 atom stereocenters. The number of carbonyl (C=O) groups is 1. The Kier molecular flexibility index (Phi) is 6.14. The molecule has 0 bridgehead atoms. The van der Waals surface area contributed by atoms with Crippen molar-refractivity contribution in [1.29, 1.82) is 0 Å². The Hall–Kier alpha value is -0.770. The summed E-state index contributed by atoms with van der Waals surface area (Å²) < 4.78 is 4.75. The second-order valence-corrected chi connectivity index (χ2v) is 6.59. The van der Waals surface area contributed by atoms with E-state index in [2.05, 4.69) is 17.1 Å². The van der Waals surface area contributed by atoms with Gasteiger partial charge in [0, 0.05) is 25.7 Å². The minimum Gasteiger partial charge on any atom is -0.453 e. The normalized spacial score (nSPS) is 28.5. The minimum absolute atomic E-state index is 0.258. The Morgan fingerprint density at radius 2 is 2.00 bits per heavy atom. The predicted octanol–water partition coefficient (Wildman–Crippen LogP) is 3.02. The minimum atomic E-state index is -0.284. The van der Waals surface area contributed by atoms with Crippen LogP contribution in [0.1, 0.15) is 51.9 Å². The third kappa shape index (κ3) is 4.65. The number of hydrogen-bond donors (Lipinski definition) is 1. The van der Waals surface area contributed by atoms with Crippen molar-refractivity contribution >= 4 is 6.09 Å². The van der Waals surface area contributed by atoms with Gasteiger partial charge < -0.3 is 15.0 Å². The highest BCUT2D eigenvalue weighted by atomic mass is 16.5. The lowest BCUT2D eigenvalue weighted by molar-refractivity contribution is 0.109. The van der Waals surface area contributed by atoms with E-state index in [0.29, 0.717) is 0 Å². The molecule has 4 heteroatoms. The second kappa shape index (κ2) is 7.87. The van der Waals surface area contributed by atoms with Crippen molar-refractivity contribution in [3.8, 4) is 0 Å². The van der Waals surface area contributed by atoms with Gasteiger partial charge in [-0.1, -0.05) is 26.2 Å². The van der Waals surface area contributed by atoms with Crippen molar-refractivity contribution < 1.29 is 9.53 Å². The molecule has 1 aliphatic carbocycles. The van der Waals surface area contributed by atoms with E-state index in [4.69, 9.17) is 4.74 Å². The molecule has 2 rings (SSSR count). The van der Waals surface area contributed by atoms with Gasteiger partial charge in [-0.2, -0.15) is 0 Å². The van der Waals surface area contributed by atoms with Gasteiger partial charge in [-0.25, -0.2) is 4.79 Å². The summed E-state index contributed by atoms with van der Waals surface area (Å²) in [5.41, 5.74) is 0. The number of methoxy groups -OCH3 is 1. The molecular formula is C16H30N2O2.